The van der Waals surface area contributed by atoms with Crippen LogP contribution in [-0.2, 0) is 6.54 Å². The van der Waals surface area contributed by atoms with Crippen LogP contribution in [0.1, 0.15) is 30.3 Å². The number of nitrogens with one attached hydrogen (secondary N) is 1. The second-order valence-electron chi connectivity index (χ2n) is 6.08. The van der Waals surface area contributed by atoms with Crippen LogP contribution in [0.3, 0.4) is 0 Å². The van der Waals surface area contributed by atoms with E-state index in [9.17, 15) is 0 Å². The summed E-state index contributed by atoms with van der Waals surface area (Å²) in [5, 5.41) is 3.72. The van der Waals surface area contributed by atoms with Crippen molar-refractivity contribution in [3.63, 3.8) is 0 Å². The zero-order valence-electron chi connectivity index (χ0n) is 12.7. The molecular formula is C17H23N3S. The Morgan fingerprint density at radius 1 is 1.33 bits per heavy atom. The Balaban J connectivity index is 1.80. The molecule has 1 aliphatic heterocycles. The third-order valence-corrected chi connectivity index (χ3v) is 5.04. The molecule has 0 saturated carbocycles. The lowest BCUT2D eigenvalue weighted by Gasteiger charge is -2.42. The fourth-order valence-corrected chi connectivity index (χ4v) is 3.60. The van der Waals surface area contributed by atoms with Gasteiger partial charge in [0, 0.05) is 42.8 Å². The maximum Gasteiger partial charge on any atom is 0.0794 e. The van der Waals surface area contributed by atoms with Crippen LogP contribution in [0.15, 0.2) is 42.0 Å². The van der Waals surface area contributed by atoms with Crippen LogP contribution in [0, 0.1) is 5.92 Å². The first-order chi connectivity index (χ1) is 10.2. The Morgan fingerprint density at radius 3 is 2.81 bits per heavy atom. The highest BCUT2D eigenvalue weighted by atomic mass is 32.1. The molecule has 2 unspecified atom stereocenters. The SMILES string of the molecule is CC(C)C1CN(Cc2cncs2)C(c2ccccc2)CN1. The highest BCUT2D eigenvalue weighted by molar-refractivity contribution is 7.09. The molecule has 2 aromatic rings. The maximum atomic E-state index is 4.22. The molecule has 21 heavy (non-hydrogen) atoms. The largest absolute Gasteiger partial charge is 0.311 e. The van der Waals surface area contributed by atoms with E-state index in [1.54, 1.807) is 11.3 Å². The van der Waals surface area contributed by atoms with E-state index in [2.05, 4.69) is 59.4 Å². The molecule has 0 spiro atoms. The predicted molar refractivity (Wildman–Crippen MR) is 88.3 cm³/mol. The Bertz CT molecular complexity index is 538. The van der Waals surface area contributed by atoms with Crippen molar-refractivity contribution >= 4 is 11.3 Å². The molecule has 1 aromatic heterocycles. The third-order valence-electron chi connectivity index (χ3n) is 4.28. The van der Waals surface area contributed by atoms with Gasteiger partial charge in [0.1, 0.15) is 0 Å². The summed E-state index contributed by atoms with van der Waals surface area (Å²) in [6, 6.07) is 11.8. The zero-order chi connectivity index (χ0) is 14.7. The first-order valence-electron chi connectivity index (χ1n) is 7.64. The number of benzene rings is 1. The Morgan fingerprint density at radius 2 is 2.14 bits per heavy atom. The van der Waals surface area contributed by atoms with Gasteiger partial charge >= 0.3 is 0 Å². The lowest BCUT2D eigenvalue weighted by Crippen LogP contribution is -2.53. The number of hydrogen-bond donors (Lipinski definition) is 1. The molecule has 1 aromatic carbocycles. The van der Waals surface area contributed by atoms with Crippen molar-refractivity contribution in [2.75, 3.05) is 13.1 Å². The van der Waals surface area contributed by atoms with Gasteiger partial charge in [0.25, 0.3) is 0 Å². The molecule has 3 nitrogen and oxygen atoms in total. The van der Waals surface area contributed by atoms with Crippen LogP contribution < -0.4 is 5.32 Å². The summed E-state index contributed by atoms with van der Waals surface area (Å²) in [6.07, 6.45) is 2.00. The van der Waals surface area contributed by atoms with Gasteiger partial charge in [-0.15, -0.1) is 11.3 Å². The normalized spacial score (nSPS) is 23.6. The van der Waals surface area contributed by atoms with E-state index in [0.717, 1.165) is 19.6 Å². The summed E-state index contributed by atoms with van der Waals surface area (Å²) < 4.78 is 0. The van der Waals surface area contributed by atoms with Gasteiger partial charge in [-0.1, -0.05) is 44.2 Å². The highest BCUT2D eigenvalue weighted by Crippen LogP contribution is 2.27. The first-order valence-corrected chi connectivity index (χ1v) is 8.51. The monoisotopic (exact) mass is 301 g/mol. The van der Waals surface area contributed by atoms with Crippen molar-refractivity contribution in [2.45, 2.75) is 32.5 Å². The topological polar surface area (TPSA) is 28.2 Å². The molecule has 2 atom stereocenters. The lowest BCUT2D eigenvalue weighted by atomic mass is 9.96. The summed E-state index contributed by atoms with van der Waals surface area (Å²) >= 11 is 1.75. The van der Waals surface area contributed by atoms with Gasteiger partial charge in [0.2, 0.25) is 0 Å². The second kappa shape index (κ2) is 6.69. The van der Waals surface area contributed by atoms with Crippen LogP contribution in [0.5, 0.6) is 0 Å². The van der Waals surface area contributed by atoms with Crippen molar-refractivity contribution in [3.05, 3.63) is 52.5 Å². The van der Waals surface area contributed by atoms with Crippen molar-refractivity contribution in [1.82, 2.24) is 15.2 Å². The van der Waals surface area contributed by atoms with E-state index in [-0.39, 0.29) is 0 Å². The molecule has 1 aliphatic rings. The van der Waals surface area contributed by atoms with E-state index < -0.39 is 0 Å². The summed E-state index contributed by atoms with van der Waals surface area (Å²) in [6.45, 7) is 7.70. The van der Waals surface area contributed by atoms with Gasteiger partial charge in [-0.3, -0.25) is 9.88 Å². The standard InChI is InChI=1S/C17H23N3S/c1-13(2)16-11-20(10-15-8-18-12-21-15)17(9-19-16)14-6-4-3-5-7-14/h3-8,12-13,16-17,19H,9-11H2,1-2H3. The molecule has 112 valence electrons. The molecule has 4 heteroatoms. The van der Waals surface area contributed by atoms with E-state index in [1.807, 2.05) is 11.7 Å². The number of thiazole rings is 1. The van der Waals surface area contributed by atoms with Gasteiger partial charge in [-0.2, -0.15) is 0 Å². The fourth-order valence-electron chi connectivity index (χ4n) is 2.98. The number of hydrogen-bond acceptors (Lipinski definition) is 4. The number of nitrogens with zero attached hydrogens (tertiary/aromatic N) is 2. The fraction of sp³-hybridized carbons (Fsp3) is 0.471. The molecule has 1 N–H and O–H groups in total. The first kappa shape index (κ1) is 14.7. The van der Waals surface area contributed by atoms with Gasteiger partial charge in [-0.05, 0) is 11.5 Å². The molecule has 0 amide bonds. The molecule has 1 fully saturated rings. The van der Waals surface area contributed by atoms with E-state index >= 15 is 0 Å². The Labute approximate surface area is 131 Å². The van der Waals surface area contributed by atoms with Crippen molar-refractivity contribution in [1.29, 1.82) is 0 Å². The zero-order valence-corrected chi connectivity index (χ0v) is 13.5. The number of piperazine rings is 1. The van der Waals surface area contributed by atoms with Crippen LogP contribution in [0.2, 0.25) is 0 Å². The highest BCUT2D eigenvalue weighted by Gasteiger charge is 2.30. The molecular weight excluding hydrogens is 278 g/mol. The van der Waals surface area contributed by atoms with E-state index in [0.29, 0.717) is 18.0 Å². The third kappa shape index (κ3) is 3.51. The van der Waals surface area contributed by atoms with E-state index in [1.165, 1.54) is 10.4 Å². The van der Waals surface area contributed by atoms with Crippen molar-refractivity contribution in [3.8, 4) is 0 Å². The van der Waals surface area contributed by atoms with Crippen LogP contribution in [0.25, 0.3) is 0 Å². The van der Waals surface area contributed by atoms with Gasteiger partial charge in [0.15, 0.2) is 0 Å². The van der Waals surface area contributed by atoms with Crippen LogP contribution in [-0.4, -0.2) is 29.0 Å². The average Bonchev–Trinajstić information content (AvgIpc) is 3.01. The average molecular weight is 301 g/mol. The van der Waals surface area contributed by atoms with Crippen LogP contribution in [0.4, 0.5) is 0 Å². The smallest absolute Gasteiger partial charge is 0.0794 e. The Hall–Kier alpha value is -1.23. The number of aromatic nitrogens is 1. The molecule has 0 aliphatic carbocycles. The second-order valence-corrected chi connectivity index (χ2v) is 7.05. The molecule has 0 bridgehead atoms. The summed E-state index contributed by atoms with van der Waals surface area (Å²) in [4.78, 5) is 8.16. The van der Waals surface area contributed by atoms with Gasteiger partial charge < -0.3 is 5.32 Å². The van der Waals surface area contributed by atoms with Gasteiger partial charge in [0.05, 0.1) is 5.51 Å². The van der Waals surface area contributed by atoms with Crippen molar-refractivity contribution in [2.24, 2.45) is 5.92 Å². The minimum absolute atomic E-state index is 0.447. The van der Waals surface area contributed by atoms with Crippen LogP contribution >= 0.6 is 11.3 Å². The Kier molecular flexibility index (Phi) is 4.68. The summed E-state index contributed by atoms with van der Waals surface area (Å²) in [5.74, 6) is 0.658. The summed E-state index contributed by atoms with van der Waals surface area (Å²) in [5.41, 5.74) is 3.33. The molecule has 0 radical (unpaired) electrons. The van der Waals surface area contributed by atoms with Gasteiger partial charge in [-0.25, -0.2) is 0 Å². The quantitative estimate of drug-likeness (QED) is 0.939. The predicted octanol–water partition coefficient (Wildman–Crippen LogP) is 3.31. The summed E-state index contributed by atoms with van der Waals surface area (Å²) in [7, 11) is 0. The molecule has 1 saturated heterocycles. The van der Waals surface area contributed by atoms with E-state index in [4.69, 9.17) is 0 Å². The number of rotatable bonds is 4. The molecule has 3 rings (SSSR count). The maximum absolute atomic E-state index is 4.22. The van der Waals surface area contributed by atoms with Crippen molar-refractivity contribution < 1.29 is 0 Å². The lowest BCUT2D eigenvalue weighted by molar-refractivity contribution is 0.107. The minimum atomic E-state index is 0.447. The molecule has 2 heterocycles. The minimum Gasteiger partial charge on any atom is -0.311 e.